The van der Waals surface area contributed by atoms with Crippen LogP contribution in [0.3, 0.4) is 0 Å². The first-order valence-electron chi connectivity index (χ1n) is 6.41. The first-order chi connectivity index (χ1) is 9.92. The zero-order valence-electron chi connectivity index (χ0n) is 10.9. The van der Waals surface area contributed by atoms with Crippen molar-refractivity contribution in [2.45, 2.75) is 0 Å². The Balaban J connectivity index is 1.85. The van der Waals surface area contributed by atoms with Crippen molar-refractivity contribution in [3.8, 4) is 11.5 Å². The first kappa shape index (κ1) is 12.2. The maximum absolute atomic E-state index is 5.90. The Bertz CT molecular complexity index is 608. The predicted molar refractivity (Wildman–Crippen MR) is 80.5 cm³/mol. The first-order valence-corrected chi connectivity index (χ1v) is 6.41. The molecule has 98 valence electrons. The number of nitrogens with one attached hydrogen (secondary N) is 1. The molecule has 1 N–H and O–H groups in total. The highest BCUT2D eigenvalue weighted by Crippen LogP contribution is 2.31. The van der Waals surface area contributed by atoms with Crippen LogP contribution in [0.2, 0.25) is 0 Å². The number of anilines is 2. The lowest BCUT2D eigenvalue weighted by atomic mass is 10.2. The molecule has 0 fully saturated rings. The summed E-state index contributed by atoms with van der Waals surface area (Å²) in [6.07, 6.45) is 3.51. The second-order valence-corrected chi connectivity index (χ2v) is 4.27. The van der Waals surface area contributed by atoms with Gasteiger partial charge in [0.2, 0.25) is 0 Å². The summed E-state index contributed by atoms with van der Waals surface area (Å²) in [5.41, 5.74) is 1.90. The molecule has 0 saturated carbocycles. The van der Waals surface area contributed by atoms with Crippen molar-refractivity contribution in [3.63, 3.8) is 0 Å². The van der Waals surface area contributed by atoms with E-state index in [1.54, 1.807) is 12.4 Å². The standard InChI is InChI=1S/C17H14N2O/c1-2-6-15(7-3-1)20-17-9-5-4-8-16(17)19-14-10-12-18-13-11-14/h1-13H,(H,18,19). The number of rotatable bonds is 4. The van der Waals surface area contributed by atoms with Crippen molar-refractivity contribution < 1.29 is 4.74 Å². The number of benzene rings is 2. The number of pyridine rings is 1. The van der Waals surface area contributed by atoms with Crippen molar-refractivity contribution in [1.82, 2.24) is 4.98 Å². The minimum Gasteiger partial charge on any atom is -0.455 e. The van der Waals surface area contributed by atoms with Crippen LogP contribution in [0.4, 0.5) is 11.4 Å². The van der Waals surface area contributed by atoms with Gasteiger partial charge >= 0.3 is 0 Å². The molecular formula is C17H14N2O. The van der Waals surface area contributed by atoms with Crippen LogP contribution in [0.5, 0.6) is 11.5 Å². The van der Waals surface area contributed by atoms with Crippen LogP contribution in [0.25, 0.3) is 0 Å². The highest BCUT2D eigenvalue weighted by Gasteiger charge is 2.04. The molecule has 2 aromatic carbocycles. The molecule has 0 bridgehead atoms. The van der Waals surface area contributed by atoms with Gasteiger partial charge in [0.25, 0.3) is 0 Å². The molecular weight excluding hydrogens is 248 g/mol. The van der Waals surface area contributed by atoms with E-state index < -0.39 is 0 Å². The Hall–Kier alpha value is -2.81. The van der Waals surface area contributed by atoms with Gasteiger partial charge in [-0.05, 0) is 36.4 Å². The lowest BCUT2D eigenvalue weighted by molar-refractivity contribution is 0.485. The van der Waals surface area contributed by atoms with Gasteiger partial charge in [-0.2, -0.15) is 0 Å². The van der Waals surface area contributed by atoms with E-state index in [0.717, 1.165) is 22.9 Å². The third kappa shape index (κ3) is 2.95. The molecule has 1 aromatic heterocycles. The number of hydrogen-bond donors (Lipinski definition) is 1. The van der Waals surface area contributed by atoms with Gasteiger partial charge in [0.15, 0.2) is 5.75 Å². The van der Waals surface area contributed by atoms with E-state index in [1.165, 1.54) is 0 Å². The van der Waals surface area contributed by atoms with Gasteiger partial charge in [-0.3, -0.25) is 4.98 Å². The van der Waals surface area contributed by atoms with Crippen LogP contribution in [0, 0.1) is 0 Å². The quantitative estimate of drug-likeness (QED) is 0.745. The highest BCUT2D eigenvalue weighted by atomic mass is 16.5. The van der Waals surface area contributed by atoms with E-state index in [2.05, 4.69) is 10.3 Å². The van der Waals surface area contributed by atoms with E-state index in [-0.39, 0.29) is 0 Å². The Morgan fingerprint density at radius 3 is 2.25 bits per heavy atom. The molecule has 0 amide bonds. The fraction of sp³-hybridized carbons (Fsp3) is 0. The Morgan fingerprint density at radius 2 is 1.45 bits per heavy atom. The lowest BCUT2D eigenvalue weighted by Crippen LogP contribution is -1.94. The third-order valence-corrected chi connectivity index (χ3v) is 2.82. The average molecular weight is 262 g/mol. The summed E-state index contributed by atoms with van der Waals surface area (Å²) in [4.78, 5) is 4.01. The number of nitrogens with zero attached hydrogens (tertiary/aromatic N) is 1. The second-order valence-electron chi connectivity index (χ2n) is 4.27. The summed E-state index contributed by atoms with van der Waals surface area (Å²) in [6, 6.07) is 21.4. The third-order valence-electron chi connectivity index (χ3n) is 2.82. The van der Waals surface area contributed by atoms with Gasteiger partial charge in [0, 0.05) is 18.1 Å². The maximum Gasteiger partial charge on any atom is 0.150 e. The van der Waals surface area contributed by atoms with Gasteiger partial charge < -0.3 is 10.1 Å². The van der Waals surface area contributed by atoms with Crippen molar-refractivity contribution in [2.75, 3.05) is 5.32 Å². The number of aromatic nitrogens is 1. The lowest BCUT2D eigenvalue weighted by Gasteiger charge is -2.12. The fourth-order valence-electron chi connectivity index (χ4n) is 1.87. The van der Waals surface area contributed by atoms with Crippen LogP contribution < -0.4 is 10.1 Å². The van der Waals surface area contributed by atoms with E-state index in [9.17, 15) is 0 Å². The number of hydrogen-bond acceptors (Lipinski definition) is 3. The van der Waals surface area contributed by atoms with Crippen LogP contribution >= 0.6 is 0 Å². The Kier molecular flexibility index (Phi) is 3.60. The van der Waals surface area contributed by atoms with Gasteiger partial charge in [0.1, 0.15) is 5.75 Å². The molecule has 0 aliphatic carbocycles. The SMILES string of the molecule is c1ccc(Oc2ccccc2Nc2ccncc2)cc1. The Labute approximate surface area is 117 Å². The minimum atomic E-state index is 0.788. The molecule has 3 nitrogen and oxygen atoms in total. The number of ether oxygens (including phenoxy) is 1. The zero-order chi connectivity index (χ0) is 13.6. The fourth-order valence-corrected chi connectivity index (χ4v) is 1.87. The van der Waals surface area contributed by atoms with Crippen LogP contribution in [0.15, 0.2) is 79.1 Å². The smallest absolute Gasteiger partial charge is 0.150 e. The molecule has 1 heterocycles. The predicted octanol–water partition coefficient (Wildman–Crippen LogP) is 4.62. The van der Waals surface area contributed by atoms with Gasteiger partial charge in [-0.25, -0.2) is 0 Å². The molecule has 0 aliphatic rings. The molecule has 0 radical (unpaired) electrons. The Morgan fingerprint density at radius 1 is 0.750 bits per heavy atom. The molecule has 3 aromatic rings. The molecule has 0 saturated heterocycles. The van der Waals surface area contributed by atoms with E-state index in [0.29, 0.717) is 0 Å². The largest absolute Gasteiger partial charge is 0.455 e. The van der Waals surface area contributed by atoms with E-state index in [1.807, 2.05) is 66.7 Å². The van der Waals surface area contributed by atoms with Gasteiger partial charge in [-0.15, -0.1) is 0 Å². The summed E-state index contributed by atoms with van der Waals surface area (Å²) in [6.45, 7) is 0. The summed E-state index contributed by atoms with van der Waals surface area (Å²) in [5, 5.41) is 3.33. The van der Waals surface area contributed by atoms with E-state index >= 15 is 0 Å². The molecule has 20 heavy (non-hydrogen) atoms. The molecule has 3 heteroatoms. The van der Waals surface area contributed by atoms with Gasteiger partial charge in [0.05, 0.1) is 5.69 Å². The van der Waals surface area contributed by atoms with Crippen molar-refractivity contribution >= 4 is 11.4 Å². The van der Waals surface area contributed by atoms with E-state index in [4.69, 9.17) is 4.74 Å². The topological polar surface area (TPSA) is 34.1 Å². The highest BCUT2D eigenvalue weighted by molar-refractivity contribution is 5.66. The summed E-state index contributed by atoms with van der Waals surface area (Å²) >= 11 is 0. The molecule has 3 rings (SSSR count). The molecule has 0 unspecified atom stereocenters. The monoisotopic (exact) mass is 262 g/mol. The summed E-state index contributed by atoms with van der Waals surface area (Å²) in [5.74, 6) is 1.60. The molecule has 0 aliphatic heterocycles. The number of para-hydroxylation sites is 3. The van der Waals surface area contributed by atoms with Crippen LogP contribution in [0.1, 0.15) is 0 Å². The van der Waals surface area contributed by atoms with Gasteiger partial charge in [-0.1, -0.05) is 30.3 Å². The van der Waals surface area contributed by atoms with Crippen molar-refractivity contribution in [3.05, 3.63) is 79.1 Å². The second kappa shape index (κ2) is 5.89. The maximum atomic E-state index is 5.90. The molecule has 0 atom stereocenters. The zero-order valence-corrected chi connectivity index (χ0v) is 10.9. The minimum absolute atomic E-state index is 0.788. The van der Waals surface area contributed by atoms with Crippen LogP contribution in [-0.2, 0) is 0 Å². The normalized spacial score (nSPS) is 10.0. The summed E-state index contributed by atoms with van der Waals surface area (Å²) < 4.78 is 5.90. The summed E-state index contributed by atoms with van der Waals surface area (Å²) in [7, 11) is 0. The molecule has 0 spiro atoms. The average Bonchev–Trinajstić information content (AvgIpc) is 2.51. The van der Waals surface area contributed by atoms with Crippen LogP contribution in [-0.4, -0.2) is 4.98 Å². The van der Waals surface area contributed by atoms with Crippen molar-refractivity contribution in [2.24, 2.45) is 0 Å². The van der Waals surface area contributed by atoms with Crippen molar-refractivity contribution in [1.29, 1.82) is 0 Å².